The van der Waals surface area contributed by atoms with Gasteiger partial charge in [-0.15, -0.1) is 0 Å². The van der Waals surface area contributed by atoms with Crippen molar-refractivity contribution in [1.82, 2.24) is 0 Å². The van der Waals surface area contributed by atoms with Crippen LogP contribution in [0.15, 0.2) is 29.6 Å². The van der Waals surface area contributed by atoms with Crippen molar-refractivity contribution in [3.8, 4) is 17.2 Å². The molecule has 0 saturated carbocycles. The number of benzene rings is 1. The Morgan fingerprint density at radius 2 is 1.89 bits per heavy atom. The van der Waals surface area contributed by atoms with E-state index in [2.05, 4.69) is 13.5 Å². The highest BCUT2D eigenvalue weighted by Gasteiger charge is 2.27. The van der Waals surface area contributed by atoms with Gasteiger partial charge in [-0.2, -0.15) is 0 Å². The molecule has 1 saturated heterocycles. The molecule has 1 aromatic rings. The molecule has 1 aliphatic rings. The molecule has 150 valence electrons. The summed E-state index contributed by atoms with van der Waals surface area (Å²) in [6.07, 6.45) is 2.70. The zero-order chi connectivity index (χ0) is 20.0. The number of methoxy groups -OCH3 is 3. The van der Waals surface area contributed by atoms with Crippen molar-refractivity contribution in [2.45, 2.75) is 46.1 Å². The summed E-state index contributed by atoms with van der Waals surface area (Å²) in [4.78, 5) is 0. The summed E-state index contributed by atoms with van der Waals surface area (Å²) in [7, 11) is 4.99. The monoisotopic (exact) mass is 376 g/mol. The van der Waals surface area contributed by atoms with Crippen molar-refractivity contribution in [3.63, 3.8) is 0 Å². The van der Waals surface area contributed by atoms with Crippen LogP contribution in [0.4, 0.5) is 0 Å². The van der Waals surface area contributed by atoms with Gasteiger partial charge >= 0.3 is 0 Å². The minimum atomic E-state index is 0.152. The molecule has 1 aromatic carbocycles. The molecule has 5 nitrogen and oxygen atoms in total. The largest absolute Gasteiger partial charge is 0.497 e. The normalized spacial score (nSPS) is 15.1. The molecule has 1 unspecified atom stereocenters. The standard InChI is InChI=1S/C22H32O5/c1-8-9-16-11-19(23-5)22(27-13-17-12-26-17)21(25-7)18(16)10-15(4)20(24-6)14(2)3/h11,17H,4,8-10,12-13H2,1-3,5-7H3. The van der Waals surface area contributed by atoms with Gasteiger partial charge in [-0.25, -0.2) is 0 Å². The minimum Gasteiger partial charge on any atom is -0.497 e. The average molecular weight is 376 g/mol. The maximum atomic E-state index is 6.02. The van der Waals surface area contributed by atoms with Crippen LogP contribution in [-0.4, -0.2) is 40.6 Å². The van der Waals surface area contributed by atoms with Crippen molar-refractivity contribution < 1.29 is 23.7 Å². The summed E-state index contributed by atoms with van der Waals surface area (Å²) < 4.78 is 28.2. The first kappa shape index (κ1) is 21.2. The van der Waals surface area contributed by atoms with Gasteiger partial charge in [0, 0.05) is 12.0 Å². The molecule has 1 aliphatic heterocycles. The Balaban J connectivity index is 2.48. The molecule has 0 aliphatic carbocycles. The van der Waals surface area contributed by atoms with E-state index in [1.54, 1.807) is 21.3 Å². The molecule has 0 bridgehead atoms. The van der Waals surface area contributed by atoms with Gasteiger partial charge in [0.1, 0.15) is 18.5 Å². The summed E-state index contributed by atoms with van der Waals surface area (Å²) in [5, 5.41) is 0. The van der Waals surface area contributed by atoms with Crippen LogP contribution < -0.4 is 14.2 Å². The third-order valence-corrected chi connectivity index (χ3v) is 4.53. The Morgan fingerprint density at radius 1 is 1.19 bits per heavy atom. The van der Waals surface area contributed by atoms with Crippen LogP contribution in [0.25, 0.3) is 0 Å². The molecule has 1 fully saturated rings. The second-order valence-corrected chi connectivity index (χ2v) is 6.91. The molecule has 2 rings (SSSR count). The molecule has 0 radical (unpaired) electrons. The second-order valence-electron chi connectivity index (χ2n) is 6.91. The van der Waals surface area contributed by atoms with E-state index < -0.39 is 0 Å². The number of rotatable bonds is 11. The molecule has 0 amide bonds. The van der Waals surface area contributed by atoms with Gasteiger partial charge in [0.05, 0.1) is 27.9 Å². The van der Waals surface area contributed by atoms with Crippen LogP contribution in [0.3, 0.4) is 0 Å². The Bertz CT molecular complexity index is 697. The number of ether oxygens (including phenoxy) is 5. The number of hydrogen-bond donors (Lipinski definition) is 0. The Hall–Kier alpha value is -2.14. The van der Waals surface area contributed by atoms with Crippen molar-refractivity contribution in [2.75, 3.05) is 34.5 Å². The van der Waals surface area contributed by atoms with Crippen LogP contribution in [-0.2, 0) is 22.3 Å². The molecule has 1 atom stereocenters. The zero-order valence-corrected chi connectivity index (χ0v) is 17.4. The van der Waals surface area contributed by atoms with Gasteiger partial charge in [-0.3, -0.25) is 0 Å². The minimum absolute atomic E-state index is 0.152. The first-order valence-corrected chi connectivity index (χ1v) is 9.37. The first-order valence-electron chi connectivity index (χ1n) is 9.37. The highest BCUT2D eigenvalue weighted by molar-refractivity contribution is 5.60. The van der Waals surface area contributed by atoms with E-state index in [4.69, 9.17) is 23.7 Å². The average Bonchev–Trinajstić information content (AvgIpc) is 3.46. The molecule has 0 N–H and O–H groups in total. The maximum absolute atomic E-state index is 6.02. The molecular weight excluding hydrogens is 344 g/mol. The van der Waals surface area contributed by atoms with Crippen LogP contribution in [0, 0.1) is 0 Å². The highest BCUT2D eigenvalue weighted by Crippen LogP contribution is 2.44. The fourth-order valence-corrected chi connectivity index (χ4v) is 3.23. The highest BCUT2D eigenvalue weighted by atomic mass is 16.6. The van der Waals surface area contributed by atoms with E-state index in [1.807, 2.05) is 19.9 Å². The van der Waals surface area contributed by atoms with Crippen LogP contribution in [0.5, 0.6) is 17.2 Å². The number of epoxide rings is 1. The molecule has 0 spiro atoms. The summed E-state index contributed by atoms with van der Waals surface area (Å²) in [5.41, 5.74) is 4.24. The van der Waals surface area contributed by atoms with Gasteiger partial charge in [0.2, 0.25) is 5.75 Å². The topological polar surface area (TPSA) is 49.5 Å². The third-order valence-electron chi connectivity index (χ3n) is 4.53. The zero-order valence-electron chi connectivity index (χ0n) is 17.4. The van der Waals surface area contributed by atoms with Crippen molar-refractivity contribution in [2.24, 2.45) is 0 Å². The summed E-state index contributed by atoms with van der Waals surface area (Å²) in [6, 6.07) is 2.05. The predicted molar refractivity (Wildman–Crippen MR) is 107 cm³/mol. The number of hydrogen-bond acceptors (Lipinski definition) is 5. The van der Waals surface area contributed by atoms with E-state index in [9.17, 15) is 0 Å². The maximum Gasteiger partial charge on any atom is 0.203 e. The summed E-state index contributed by atoms with van der Waals surface area (Å²) in [6.45, 7) is 11.7. The summed E-state index contributed by atoms with van der Waals surface area (Å²) >= 11 is 0. The van der Waals surface area contributed by atoms with E-state index in [-0.39, 0.29) is 6.10 Å². The van der Waals surface area contributed by atoms with E-state index in [0.717, 1.165) is 41.9 Å². The lowest BCUT2D eigenvalue weighted by Gasteiger charge is -2.22. The molecule has 27 heavy (non-hydrogen) atoms. The molecule has 1 heterocycles. The molecule has 5 heteroatoms. The van der Waals surface area contributed by atoms with Crippen LogP contribution in [0.1, 0.15) is 38.3 Å². The van der Waals surface area contributed by atoms with Gasteiger partial charge in [0.25, 0.3) is 0 Å². The second kappa shape index (κ2) is 9.70. The van der Waals surface area contributed by atoms with Gasteiger partial charge in [-0.05, 0) is 43.0 Å². The lowest BCUT2D eigenvalue weighted by molar-refractivity contribution is 0.240. The van der Waals surface area contributed by atoms with Crippen molar-refractivity contribution in [3.05, 3.63) is 40.7 Å². The molecule has 0 aromatic heterocycles. The fraction of sp³-hybridized carbons (Fsp3) is 0.545. The first-order chi connectivity index (χ1) is 13.0. The van der Waals surface area contributed by atoms with E-state index >= 15 is 0 Å². The van der Waals surface area contributed by atoms with Gasteiger partial charge in [-0.1, -0.05) is 19.9 Å². The quantitative estimate of drug-likeness (QED) is 0.324. The van der Waals surface area contributed by atoms with Crippen molar-refractivity contribution >= 4 is 0 Å². The van der Waals surface area contributed by atoms with E-state index in [0.29, 0.717) is 30.3 Å². The van der Waals surface area contributed by atoms with Gasteiger partial charge in [0.15, 0.2) is 11.5 Å². The Labute approximate surface area is 162 Å². The lowest BCUT2D eigenvalue weighted by atomic mass is 9.94. The fourth-order valence-electron chi connectivity index (χ4n) is 3.23. The Morgan fingerprint density at radius 3 is 2.37 bits per heavy atom. The van der Waals surface area contributed by atoms with Crippen molar-refractivity contribution in [1.29, 1.82) is 0 Å². The lowest BCUT2D eigenvalue weighted by Crippen LogP contribution is -2.10. The third kappa shape index (κ3) is 5.19. The summed E-state index contributed by atoms with van der Waals surface area (Å²) in [5.74, 6) is 2.82. The SMILES string of the molecule is C=C(Cc1c(CCC)cc(OC)c(OCC2CO2)c1OC)C(OC)=C(C)C. The molecular formula is C22H32O5. The Kier molecular flexibility index (Phi) is 7.60. The van der Waals surface area contributed by atoms with Crippen LogP contribution in [0.2, 0.25) is 0 Å². The number of allylic oxidation sites excluding steroid dienone is 2. The van der Waals surface area contributed by atoms with E-state index in [1.165, 1.54) is 5.56 Å². The predicted octanol–water partition coefficient (Wildman–Crippen LogP) is 4.47. The van der Waals surface area contributed by atoms with Crippen LogP contribution >= 0.6 is 0 Å². The smallest absolute Gasteiger partial charge is 0.203 e. The van der Waals surface area contributed by atoms with Gasteiger partial charge < -0.3 is 23.7 Å². The number of aryl methyl sites for hydroxylation is 1.